The monoisotopic (exact) mass is 302 g/mol. The molecule has 0 aliphatic carbocycles. The summed E-state index contributed by atoms with van der Waals surface area (Å²) in [5, 5.41) is 8.97. The van der Waals surface area contributed by atoms with Crippen molar-refractivity contribution in [1.82, 2.24) is 0 Å². The molecule has 8 heteroatoms. The molecule has 0 fully saturated rings. The Morgan fingerprint density at radius 2 is 1.40 bits per heavy atom. The molecule has 0 saturated heterocycles. The van der Waals surface area contributed by atoms with Gasteiger partial charge in [0.15, 0.2) is 0 Å². The Bertz CT molecular complexity index is 450. The van der Waals surface area contributed by atoms with Gasteiger partial charge in [-0.3, -0.25) is 0 Å². The third-order valence-electron chi connectivity index (χ3n) is 2.57. The number of alkyl halides is 6. The highest BCUT2D eigenvalue weighted by Crippen LogP contribution is 2.45. The van der Waals surface area contributed by atoms with Crippen LogP contribution in [0.15, 0.2) is 24.3 Å². The lowest BCUT2D eigenvalue weighted by molar-refractivity contribution is -0.434. The minimum absolute atomic E-state index is 0.124. The molecule has 0 bridgehead atoms. The van der Waals surface area contributed by atoms with Crippen LogP contribution in [0.3, 0.4) is 0 Å². The van der Waals surface area contributed by atoms with E-state index in [-0.39, 0.29) is 11.5 Å². The lowest BCUT2D eigenvalue weighted by Gasteiger charge is -2.33. The van der Waals surface area contributed by atoms with Gasteiger partial charge in [-0.25, -0.2) is 0 Å². The van der Waals surface area contributed by atoms with E-state index in [0.29, 0.717) is 0 Å². The maximum atomic E-state index is 12.5. The molecule has 0 atom stereocenters. The molecule has 0 saturated carbocycles. The predicted octanol–water partition coefficient (Wildman–Crippen LogP) is 4.00. The number of halogens is 6. The van der Waals surface area contributed by atoms with Crippen molar-refractivity contribution in [2.45, 2.75) is 37.9 Å². The first-order valence-electron chi connectivity index (χ1n) is 5.54. The average Bonchev–Trinajstić information content (AvgIpc) is 2.26. The Balaban J connectivity index is 3.30. The SMILES string of the molecule is CC(C)c1ccccc1OC(O)(C(F)(F)F)C(F)(F)F. The summed E-state index contributed by atoms with van der Waals surface area (Å²) in [6, 6.07) is 4.93. The van der Waals surface area contributed by atoms with Gasteiger partial charge in [0.2, 0.25) is 0 Å². The van der Waals surface area contributed by atoms with E-state index in [4.69, 9.17) is 5.11 Å². The van der Waals surface area contributed by atoms with E-state index < -0.39 is 23.9 Å². The minimum Gasteiger partial charge on any atom is -0.446 e. The fourth-order valence-electron chi connectivity index (χ4n) is 1.49. The van der Waals surface area contributed by atoms with E-state index in [0.717, 1.165) is 6.07 Å². The summed E-state index contributed by atoms with van der Waals surface area (Å²) >= 11 is 0. The zero-order valence-electron chi connectivity index (χ0n) is 10.5. The summed E-state index contributed by atoms with van der Waals surface area (Å²) in [6.45, 7) is 3.14. The van der Waals surface area contributed by atoms with E-state index in [9.17, 15) is 26.3 Å². The molecule has 0 unspecified atom stereocenters. The van der Waals surface area contributed by atoms with Gasteiger partial charge in [0.25, 0.3) is 0 Å². The normalized spacial score (nSPS) is 13.7. The maximum Gasteiger partial charge on any atom is 0.465 e. The molecule has 2 nitrogen and oxygen atoms in total. The van der Waals surface area contributed by atoms with Crippen LogP contribution in [-0.4, -0.2) is 23.2 Å². The van der Waals surface area contributed by atoms with Crippen molar-refractivity contribution >= 4 is 0 Å². The van der Waals surface area contributed by atoms with Crippen LogP contribution in [0.5, 0.6) is 5.75 Å². The number of hydrogen-bond donors (Lipinski definition) is 1. The molecule has 1 aromatic carbocycles. The Morgan fingerprint density at radius 3 is 1.80 bits per heavy atom. The first-order chi connectivity index (χ1) is 8.90. The van der Waals surface area contributed by atoms with E-state index in [1.807, 2.05) is 0 Å². The van der Waals surface area contributed by atoms with Crippen molar-refractivity contribution in [3.05, 3.63) is 29.8 Å². The highest BCUT2D eigenvalue weighted by Gasteiger charge is 2.74. The Morgan fingerprint density at radius 1 is 0.950 bits per heavy atom. The number of para-hydroxylation sites is 1. The molecule has 20 heavy (non-hydrogen) atoms. The van der Waals surface area contributed by atoms with Crippen LogP contribution in [0.1, 0.15) is 25.3 Å². The molecule has 0 spiro atoms. The third-order valence-corrected chi connectivity index (χ3v) is 2.57. The Kier molecular flexibility index (Phi) is 4.28. The van der Waals surface area contributed by atoms with Crippen LogP contribution in [0.25, 0.3) is 0 Å². The van der Waals surface area contributed by atoms with Crippen molar-refractivity contribution < 1.29 is 36.2 Å². The van der Waals surface area contributed by atoms with Crippen molar-refractivity contribution in [3.8, 4) is 5.75 Å². The van der Waals surface area contributed by atoms with Crippen LogP contribution < -0.4 is 4.74 Å². The summed E-state index contributed by atoms with van der Waals surface area (Å²) in [7, 11) is 0. The number of ether oxygens (including phenoxy) is 1. The Hall–Kier alpha value is -1.44. The molecule has 114 valence electrons. The summed E-state index contributed by atoms with van der Waals surface area (Å²) in [6.07, 6.45) is -12.0. The van der Waals surface area contributed by atoms with Gasteiger partial charge in [-0.2, -0.15) is 26.3 Å². The van der Waals surface area contributed by atoms with E-state index in [1.165, 1.54) is 18.2 Å². The van der Waals surface area contributed by atoms with Gasteiger partial charge in [0.1, 0.15) is 5.75 Å². The largest absolute Gasteiger partial charge is 0.465 e. The minimum atomic E-state index is -6.02. The van der Waals surface area contributed by atoms with Gasteiger partial charge in [-0.1, -0.05) is 32.0 Å². The second kappa shape index (κ2) is 5.16. The van der Waals surface area contributed by atoms with Crippen LogP contribution in [0.4, 0.5) is 26.3 Å². The standard InChI is InChI=1S/C12H12F6O2/c1-7(2)8-5-3-4-6-9(8)20-10(19,11(13,14)15)12(16,17)18/h3-7,19H,1-2H3. The second-order valence-corrected chi connectivity index (χ2v) is 4.43. The van der Waals surface area contributed by atoms with Crippen molar-refractivity contribution in [3.63, 3.8) is 0 Å². The fourth-order valence-corrected chi connectivity index (χ4v) is 1.49. The van der Waals surface area contributed by atoms with Crippen LogP contribution >= 0.6 is 0 Å². The highest BCUT2D eigenvalue weighted by molar-refractivity contribution is 5.36. The first kappa shape index (κ1) is 16.6. The lowest BCUT2D eigenvalue weighted by Crippen LogP contribution is -2.61. The quantitative estimate of drug-likeness (QED) is 0.675. The molecular formula is C12H12F6O2. The zero-order chi connectivity index (χ0) is 15.8. The smallest absolute Gasteiger partial charge is 0.446 e. The molecule has 0 aliphatic rings. The van der Waals surface area contributed by atoms with Gasteiger partial charge in [-0.15, -0.1) is 0 Å². The second-order valence-electron chi connectivity index (χ2n) is 4.43. The van der Waals surface area contributed by atoms with Gasteiger partial charge in [0.05, 0.1) is 0 Å². The number of aliphatic hydroxyl groups is 1. The molecule has 0 heterocycles. The van der Waals surface area contributed by atoms with Crippen LogP contribution in [0.2, 0.25) is 0 Å². The van der Waals surface area contributed by atoms with Crippen molar-refractivity contribution in [1.29, 1.82) is 0 Å². The van der Waals surface area contributed by atoms with E-state index in [2.05, 4.69) is 4.74 Å². The molecule has 1 aromatic rings. The number of benzene rings is 1. The highest BCUT2D eigenvalue weighted by atomic mass is 19.4. The first-order valence-corrected chi connectivity index (χ1v) is 5.54. The van der Waals surface area contributed by atoms with Crippen LogP contribution in [0, 0.1) is 0 Å². The molecule has 0 aliphatic heterocycles. The molecule has 0 amide bonds. The van der Waals surface area contributed by atoms with Crippen molar-refractivity contribution in [2.24, 2.45) is 0 Å². The zero-order valence-corrected chi connectivity index (χ0v) is 10.5. The molecule has 0 aromatic heterocycles. The van der Waals surface area contributed by atoms with Crippen LogP contribution in [-0.2, 0) is 0 Å². The third kappa shape index (κ3) is 3.00. The number of rotatable bonds is 3. The summed E-state index contributed by atoms with van der Waals surface area (Å²) in [5.74, 6) is -6.29. The molecule has 1 N–H and O–H groups in total. The average molecular weight is 302 g/mol. The van der Waals surface area contributed by atoms with Gasteiger partial charge in [-0.05, 0) is 17.5 Å². The number of hydrogen-bond acceptors (Lipinski definition) is 2. The predicted molar refractivity (Wildman–Crippen MR) is 58.2 cm³/mol. The summed E-state index contributed by atoms with van der Waals surface area (Å²) in [5.41, 5.74) is 0.124. The van der Waals surface area contributed by atoms with Crippen molar-refractivity contribution in [2.75, 3.05) is 0 Å². The van der Waals surface area contributed by atoms with Gasteiger partial charge in [0, 0.05) is 0 Å². The van der Waals surface area contributed by atoms with E-state index in [1.54, 1.807) is 13.8 Å². The maximum absolute atomic E-state index is 12.5. The molecular weight excluding hydrogens is 290 g/mol. The Labute approximate surface area is 111 Å². The topological polar surface area (TPSA) is 29.5 Å². The summed E-state index contributed by atoms with van der Waals surface area (Å²) < 4.78 is 79.1. The lowest BCUT2D eigenvalue weighted by atomic mass is 10.0. The fraction of sp³-hybridized carbons (Fsp3) is 0.500. The van der Waals surface area contributed by atoms with Gasteiger partial charge >= 0.3 is 18.1 Å². The summed E-state index contributed by atoms with van der Waals surface area (Å²) in [4.78, 5) is 0. The molecule has 1 rings (SSSR count). The van der Waals surface area contributed by atoms with E-state index >= 15 is 0 Å². The van der Waals surface area contributed by atoms with Gasteiger partial charge < -0.3 is 9.84 Å². The molecule has 0 radical (unpaired) electrons.